The van der Waals surface area contributed by atoms with Gasteiger partial charge in [0, 0.05) is 0 Å². The molecular formula is C8H18GeO3. The Morgan fingerprint density at radius 1 is 0.917 bits per heavy atom. The molecular weight excluding hydrogens is 217 g/mol. The molecule has 1 rings (SSSR count). The fourth-order valence-corrected chi connectivity index (χ4v) is 7.52. The average molecular weight is 235 g/mol. The fraction of sp³-hybridized carbons (Fsp3) is 1.00. The first-order valence-corrected chi connectivity index (χ1v) is 8.22. The zero-order chi connectivity index (χ0) is 9.03. The van der Waals surface area contributed by atoms with Gasteiger partial charge in [0.05, 0.1) is 0 Å². The van der Waals surface area contributed by atoms with Crippen molar-refractivity contribution in [3.8, 4) is 0 Å². The second-order valence-corrected chi connectivity index (χ2v) is 10.0. The standard InChI is InChI=1S/C8H18GeO3/c1-10-9(11-2,12-3)8-6-4-5-7-8/h8H,4-7H2,1-3H3. The molecule has 1 aliphatic carbocycles. The van der Waals surface area contributed by atoms with Crippen LogP contribution in [0.25, 0.3) is 0 Å². The molecule has 0 radical (unpaired) electrons. The Hall–Kier alpha value is 0.423. The van der Waals surface area contributed by atoms with Crippen molar-refractivity contribution in [1.29, 1.82) is 0 Å². The van der Waals surface area contributed by atoms with Crippen molar-refractivity contribution in [1.82, 2.24) is 0 Å². The van der Waals surface area contributed by atoms with Crippen LogP contribution in [0.15, 0.2) is 0 Å². The molecule has 0 saturated heterocycles. The van der Waals surface area contributed by atoms with E-state index in [0.29, 0.717) is 4.75 Å². The molecule has 0 unspecified atom stereocenters. The molecule has 1 saturated carbocycles. The van der Waals surface area contributed by atoms with E-state index in [1.807, 2.05) is 0 Å². The molecule has 0 heterocycles. The van der Waals surface area contributed by atoms with Crippen molar-refractivity contribution in [2.45, 2.75) is 30.4 Å². The van der Waals surface area contributed by atoms with Crippen LogP contribution in [-0.2, 0) is 11.3 Å². The number of rotatable bonds is 4. The summed E-state index contributed by atoms with van der Waals surface area (Å²) in [6.45, 7) is 0. The quantitative estimate of drug-likeness (QED) is 0.695. The van der Waals surface area contributed by atoms with E-state index in [-0.39, 0.29) is 0 Å². The van der Waals surface area contributed by atoms with Gasteiger partial charge in [0.25, 0.3) is 0 Å². The van der Waals surface area contributed by atoms with Crippen LogP contribution in [-0.4, -0.2) is 35.6 Å². The van der Waals surface area contributed by atoms with E-state index in [0.717, 1.165) is 0 Å². The van der Waals surface area contributed by atoms with Crippen LogP contribution in [0.2, 0.25) is 4.75 Å². The molecule has 3 nitrogen and oxygen atoms in total. The summed E-state index contributed by atoms with van der Waals surface area (Å²) in [4.78, 5) is 0. The first-order valence-electron chi connectivity index (χ1n) is 4.44. The topological polar surface area (TPSA) is 27.7 Å². The van der Waals surface area contributed by atoms with Gasteiger partial charge in [-0.05, 0) is 0 Å². The number of hydrogen-bond acceptors (Lipinski definition) is 3. The Kier molecular flexibility index (Phi) is 4.03. The summed E-state index contributed by atoms with van der Waals surface area (Å²) in [7, 11) is 5.14. The zero-order valence-electron chi connectivity index (χ0n) is 8.13. The number of hydrogen-bond donors (Lipinski definition) is 0. The van der Waals surface area contributed by atoms with E-state index in [2.05, 4.69) is 0 Å². The Balaban J connectivity index is 2.61. The predicted molar refractivity (Wildman–Crippen MR) is 49.0 cm³/mol. The summed E-state index contributed by atoms with van der Waals surface area (Å²) in [5, 5.41) is 0. The molecule has 0 aromatic heterocycles. The molecule has 72 valence electrons. The van der Waals surface area contributed by atoms with E-state index >= 15 is 0 Å². The molecule has 0 atom stereocenters. The second kappa shape index (κ2) is 4.60. The molecule has 0 spiro atoms. The molecule has 0 aromatic rings. The van der Waals surface area contributed by atoms with Gasteiger partial charge >= 0.3 is 77.3 Å². The SMILES string of the molecule is C[O][Ge]([O]C)([O]C)[CH]1CCCC1. The first-order chi connectivity index (χ1) is 5.79. The molecule has 0 aromatic carbocycles. The van der Waals surface area contributed by atoms with E-state index in [1.54, 1.807) is 21.3 Å². The van der Waals surface area contributed by atoms with Gasteiger partial charge in [-0.2, -0.15) is 0 Å². The predicted octanol–water partition coefficient (Wildman–Crippen LogP) is 1.81. The maximum atomic E-state index is 5.46. The van der Waals surface area contributed by atoms with E-state index < -0.39 is 14.3 Å². The molecule has 1 fully saturated rings. The van der Waals surface area contributed by atoms with Gasteiger partial charge in [-0.3, -0.25) is 0 Å². The molecule has 0 aliphatic heterocycles. The van der Waals surface area contributed by atoms with Crippen molar-refractivity contribution >= 4 is 14.3 Å². The van der Waals surface area contributed by atoms with E-state index in [9.17, 15) is 0 Å². The van der Waals surface area contributed by atoms with E-state index in [4.69, 9.17) is 11.3 Å². The Labute approximate surface area is 77.8 Å². The third-order valence-electron chi connectivity index (χ3n) is 2.71. The van der Waals surface area contributed by atoms with Gasteiger partial charge in [0.2, 0.25) is 0 Å². The monoisotopic (exact) mass is 236 g/mol. The first kappa shape index (κ1) is 10.5. The van der Waals surface area contributed by atoms with Crippen LogP contribution in [0.5, 0.6) is 0 Å². The van der Waals surface area contributed by atoms with Gasteiger partial charge in [0.15, 0.2) is 0 Å². The average Bonchev–Trinajstić information content (AvgIpc) is 2.62. The van der Waals surface area contributed by atoms with Crippen molar-refractivity contribution < 1.29 is 11.3 Å². The molecule has 0 N–H and O–H groups in total. The van der Waals surface area contributed by atoms with Crippen molar-refractivity contribution in [3.05, 3.63) is 0 Å². The minimum atomic E-state index is -2.81. The normalized spacial score (nSPS) is 20.2. The summed E-state index contributed by atoms with van der Waals surface area (Å²) < 4.78 is 17.0. The summed E-state index contributed by atoms with van der Waals surface area (Å²) >= 11 is -2.81. The Morgan fingerprint density at radius 3 is 1.67 bits per heavy atom. The van der Waals surface area contributed by atoms with E-state index in [1.165, 1.54) is 25.7 Å². The molecule has 0 bridgehead atoms. The van der Waals surface area contributed by atoms with Crippen LogP contribution in [0.3, 0.4) is 0 Å². The summed E-state index contributed by atoms with van der Waals surface area (Å²) in [5.74, 6) is 0. The van der Waals surface area contributed by atoms with Crippen LogP contribution in [0.1, 0.15) is 25.7 Å². The second-order valence-electron chi connectivity index (χ2n) is 3.20. The third kappa shape index (κ3) is 1.84. The Bertz CT molecular complexity index is 122. The van der Waals surface area contributed by atoms with Crippen LogP contribution in [0.4, 0.5) is 0 Å². The third-order valence-corrected chi connectivity index (χ3v) is 9.60. The van der Waals surface area contributed by atoms with Crippen LogP contribution < -0.4 is 0 Å². The van der Waals surface area contributed by atoms with Crippen molar-refractivity contribution in [2.75, 3.05) is 21.3 Å². The Morgan fingerprint density at radius 2 is 1.33 bits per heavy atom. The molecule has 1 aliphatic rings. The van der Waals surface area contributed by atoms with Gasteiger partial charge < -0.3 is 0 Å². The van der Waals surface area contributed by atoms with Crippen molar-refractivity contribution in [2.24, 2.45) is 0 Å². The van der Waals surface area contributed by atoms with Gasteiger partial charge in [0.1, 0.15) is 0 Å². The maximum absolute atomic E-state index is 5.46. The zero-order valence-corrected chi connectivity index (χ0v) is 10.2. The van der Waals surface area contributed by atoms with Crippen LogP contribution in [0, 0.1) is 0 Å². The summed E-state index contributed by atoms with van der Waals surface area (Å²) in [6.07, 6.45) is 5.03. The minimum absolute atomic E-state index is 0.574. The van der Waals surface area contributed by atoms with Gasteiger partial charge in [-0.1, -0.05) is 0 Å². The molecule has 0 amide bonds. The van der Waals surface area contributed by atoms with Crippen molar-refractivity contribution in [3.63, 3.8) is 0 Å². The van der Waals surface area contributed by atoms with Gasteiger partial charge in [-0.25, -0.2) is 0 Å². The summed E-state index contributed by atoms with van der Waals surface area (Å²) in [5.41, 5.74) is 0. The van der Waals surface area contributed by atoms with Gasteiger partial charge in [-0.15, -0.1) is 0 Å². The molecule has 12 heavy (non-hydrogen) atoms. The summed E-state index contributed by atoms with van der Waals surface area (Å²) in [6, 6.07) is 0. The molecule has 4 heteroatoms. The van der Waals surface area contributed by atoms with Crippen LogP contribution >= 0.6 is 0 Å². The fourth-order valence-electron chi connectivity index (χ4n) is 2.03.